The molecular weight excluding hydrogens is 178 g/mol. The molecule has 0 spiro atoms. The maximum Gasteiger partial charge on any atom is 0.218 e. The summed E-state index contributed by atoms with van der Waals surface area (Å²) < 4.78 is 0. The quantitative estimate of drug-likeness (QED) is 0.477. The van der Waals surface area contributed by atoms with Crippen molar-refractivity contribution in [1.82, 2.24) is 5.32 Å². The first-order valence-corrected chi connectivity index (χ1v) is 4.39. The summed E-state index contributed by atoms with van der Waals surface area (Å²) in [5, 5.41) is 2.59. The maximum atomic E-state index is 10.8. The van der Waals surface area contributed by atoms with Gasteiger partial charge in [-0.2, -0.15) is 0 Å². The molecule has 0 aliphatic rings. The number of carbonyl (C=O) groups is 1. The molecule has 14 heavy (non-hydrogen) atoms. The zero-order chi connectivity index (χ0) is 10.7. The zero-order valence-electron chi connectivity index (χ0n) is 8.37. The van der Waals surface area contributed by atoms with Crippen LogP contribution in [0.1, 0.15) is 24.2 Å². The molecule has 0 aliphatic carbocycles. The third-order valence-electron chi connectivity index (χ3n) is 2.02. The van der Waals surface area contributed by atoms with E-state index in [9.17, 15) is 4.79 Å². The third-order valence-corrected chi connectivity index (χ3v) is 2.02. The Kier molecular flexibility index (Phi) is 3.09. The van der Waals surface area contributed by atoms with Crippen LogP contribution in [0.2, 0.25) is 0 Å². The Labute approximate surface area is 83.3 Å². The summed E-state index contributed by atoms with van der Waals surface area (Å²) in [5.41, 5.74) is 13.9. The summed E-state index contributed by atoms with van der Waals surface area (Å²) in [6.07, 6.45) is -0.490. The number of aryl methyl sites for hydroxylation is 1. The van der Waals surface area contributed by atoms with Crippen LogP contribution in [-0.2, 0) is 4.79 Å². The second kappa shape index (κ2) is 4.11. The number of amides is 1. The molecule has 1 amide bonds. The van der Waals surface area contributed by atoms with E-state index in [0.29, 0.717) is 5.69 Å². The SMILES string of the molecule is CC(=O)NC(N)c1ccc(C)c(N)c1. The largest absolute Gasteiger partial charge is 0.399 e. The average Bonchev–Trinajstić information content (AvgIpc) is 2.08. The zero-order valence-corrected chi connectivity index (χ0v) is 8.37. The van der Waals surface area contributed by atoms with Crippen molar-refractivity contribution in [1.29, 1.82) is 0 Å². The fourth-order valence-electron chi connectivity index (χ4n) is 1.15. The second-order valence-corrected chi connectivity index (χ2v) is 3.29. The summed E-state index contributed by atoms with van der Waals surface area (Å²) in [6.45, 7) is 3.35. The number of hydrogen-bond donors (Lipinski definition) is 3. The number of nitrogen functional groups attached to an aromatic ring is 1. The standard InChI is InChI=1S/C10H15N3O/c1-6-3-4-8(5-9(6)11)10(12)13-7(2)14/h3-5,10H,11-12H2,1-2H3,(H,13,14). The molecule has 1 atom stereocenters. The van der Waals surface area contributed by atoms with Crippen LogP contribution >= 0.6 is 0 Å². The Hall–Kier alpha value is -1.55. The molecule has 0 radical (unpaired) electrons. The van der Waals surface area contributed by atoms with Crippen LogP contribution < -0.4 is 16.8 Å². The van der Waals surface area contributed by atoms with E-state index >= 15 is 0 Å². The van der Waals surface area contributed by atoms with Gasteiger partial charge in [-0.15, -0.1) is 0 Å². The van der Waals surface area contributed by atoms with Crippen molar-refractivity contribution in [2.45, 2.75) is 20.0 Å². The number of nitrogens with one attached hydrogen (secondary N) is 1. The summed E-state index contributed by atoms with van der Waals surface area (Å²) in [6, 6.07) is 5.51. The van der Waals surface area contributed by atoms with Gasteiger partial charge in [-0.25, -0.2) is 0 Å². The van der Waals surface area contributed by atoms with E-state index in [1.807, 2.05) is 19.1 Å². The van der Waals surface area contributed by atoms with Gasteiger partial charge in [0, 0.05) is 12.6 Å². The van der Waals surface area contributed by atoms with Gasteiger partial charge in [-0.3, -0.25) is 4.79 Å². The molecule has 0 aliphatic heterocycles. The molecular formula is C10H15N3O. The minimum atomic E-state index is -0.490. The Balaban J connectivity index is 2.85. The van der Waals surface area contributed by atoms with Crippen LogP contribution in [-0.4, -0.2) is 5.91 Å². The number of hydrogen-bond acceptors (Lipinski definition) is 3. The molecule has 4 heteroatoms. The molecule has 76 valence electrons. The summed E-state index contributed by atoms with van der Waals surface area (Å²) in [4.78, 5) is 10.8. The molecule has 5 N–H and O–H groups in total. The van der Waals surface area contributed by atoms with Gasteiger partial charge in [0.15, 0.2) is 0 Å². The maximum absolute atomic E-state index is 10.8. The first-order valence-electron chi connectivity index (χ1n) is 4.39. The van der Waals surface area contributed by atoms with Crippen molar-refractivity contribution in [3.63, 3.8) is 0 Å². The lowest BCUT2D eigenvalue weighted by Gasteiger charge is -2.13. The van der Waals surface area contributed by atoms with E-state index in [1.54, 1.807) is 6.07 Å². The van der Waals surface area contributed by atoms with Crippen molar-refractivity contribution < 1.29 is 4.79 Å². The van der Waals surface area contributed by atoms with Gasteiger partial charge in [0.1, 0.15) is 6.17 Å². The fraction of sp³-hybridized carbons (Fsp3) is 0.300. The number of benzene rings is 1. The fourth-order valence-corrected chi connectivity index (χ4v) is 1.15. The number of nitrogens with two attached hydrogens (primary N) is 2. The lowest BCUT2D eigenvalue weighted by Crippen LogP contribution is -2.32. The highest BCUT2D eigenvalue weighted by Gasteiger charge is 2.07. The lowest BCUT2D eigenvalue weighted by atomic mass is 10.1. The van der Waals surface area contributed by atoms with E-state index in [0.717, 1.165) is 11.1 Å². The smallest absolute Gasteiger partial charge is 0.218 e. The van der Waals surface area contributed by atoms with Crippen LogP contribution in [0, 0.1) is 6.92 Å². The predicted octanol–water partition coefficient (Wildman–Crippen LogP) is 0.671. The molecule has 0 saturated heterocycles. The summed E-state index contributed by atoms with van der Waals surface area (Å²) in [7, 11) is 0. The van der Waals surface area contributed by atoms with Crippen LogP contribution in [0.15, 0.2) is 18.2 Å². The minimum absolute atomic E-state index is 0.156. The Morgan fingerprint density at radius 3 is 2.64 bits per heavy atom. The van der Waals surface area contributed by atoms with Crippen LogP contribution in [0.4, 0.5) is 5.69 Å². The highest BCUT2D eigenvalue weighted by atomic mass is 16.1. The van der Waals surface area contributed by atoms with E-state index in [-0.39, 0.29) is 5.91 Å². The summed E-state index contributed by atoms with van der Waals surface area (Å²) >= 11 is 0. The number of anilines is 1. The van der Waals surface area contributed by atoms with Gasteiger partial charge in [-0.05, 0) is 24.1 Å². The predicted molar refractivity (Wildman–Crippen MR) is 56.3 cm³/mol. The molecule has 1 aromatic rings. The normalized spacial score (nSPS) is 12.2. The first-order chi connectivity index (χ1) is 6.50. The first kappa shape index (κ1) is 10.5. The van der Waals surface area contributed by atoms with E-state index in [4.69, 9.17) is 11.5 Å². The number of carbonyl (C=O) groups excluding carboxylic acids is 1. The highest BCUT2D eigenvalue weighted by Crippen LogP contribution is 2.16. The Morgan fingerprint density at radius 1 is 1.50 bits per heavy atom. The molecule has 4 nitrogen and oxygen atoms in total. The Bertz CT molecular complexity index is 349. The molecule has 1 aromatic carbocycles. The van der Waals surface area contributed by atoms with Crippen LogP contribution in [0.25, 0.3) is 0 Å². The molecule has 0 aromatic heterocycles. The van der Waals surface area contributed by atoms with Crippen molar-refractivity contribution in [2.24, 2.45) is 5.73 Å². The van der Waals surface area contributed by atoms with Crippen LogP contribution in [0.3, 0.4) is 0 Å². The molecule has 0 saturated carbocycles. The monoisotopic (exact) mass is 193 g/mol. The van der Waals surface area contributed by atoms with Crippen molar-refractivity contribution in [2.75, 3.05) is 5.73 Å². The van der Waals surface area contributed by atoms with Crippen LogP contribution in [0.5, 0.6) is 0 Å². The third kappa shape index (κ3) is 2.47. The highest BCUT2D eigenvalue weighted by molar-refractivity contribution is 5.73. The minimum Gasteiger partial charge on any atom is -0.399 e. The van der Waals surface area contributed by atoms with Gasteiger partial charge in [0.25, 0.3) is 0 Å². The Morgan fingerprint density at radius 2 is 2.14 bits per heavy atom. The van der Waals surface area contributed by atoms with Gasteiger partial charge in [-0.1, -0.05) is 12.1 Å². The van der Waals surface area contributed by atoms with Crippen molar-refractivity contribution >= 4 is 11.6 Å². The van der Waals surface area contributed by atoms with Crippen molar-refractivity contribution in [3.05, 3.63) is 29.3 Å². The van der Waals surface area contributed by atoms with Gasteiger partial charge in [0.05, 0.1) is 0 Å². The lowest BCUT2D eigenvalue weighted by molar-refractivity contribution is -0.119. The average molecular weight is 193 g/mol. The van der Waals surface area contributed by atoms with E-state index < -0.39 is 6.17 Å². The topological polar surface area (TPSA) is 81.1 Å². The molecule has 0 bridgehead atoms. The van der Waals surface area contributed by atoms with Crippen molar-refractivity contribution in [3.8, 4) is 0 Å². The van der Waals surface area contributed by atoms with Gasteiger partial charge < -0.3 is 16.8 Å². The molecule has 0 heterocycles. The second-order valence-electron chi connectivity index (χ2n) is 3.29. The summed E-state index contributed by atoms with van der Waals surface area (Å²) in [5.74, 6) is -0.156. The molecule has 1 unspecified atom stereocenters. The molecule has 0 fully saturated rings. The van der Waals surface area contributed by atoms with Gasteiger partial charge in [0.2, 0.25) is 5.91 Å². The van der Waals surface area contributed by atoms with Gasteiger partial charge >= 0.3 is 0 Å². The van der Waals surface area contributed by atoms with E-state index in [2.05, 4.69) is 5.32 Å². The molecule has 1 rings (SSSR count). The van der Waals surface area contributed by atoms with E-state index in [1.165, 1.54) is 6.92 Å². The number of rotatable bonds is 2.